The molecule has 0 unspecified atom stereocenters. The van der Waals surface area contributed by atoms with Crippen molar-refractivity contribution in [3.8, 4) is 28.4 Å². The van der Waals surface area contributed by atoms with Gasteiger partial charge < -0.3 is 19.5 Å². The zero-order valence-electron chi connectivity index (χ0n) is 25.3. The molecule has 1 amide bonds. The minimum absolute atomic E-state index is 0.0677. The normalized spacial score (nSPS) is 11.6. The monoisotopic (exact) mass is 673 g/mol. The number of halogens is 5. The molecule has 4 aromatic rings. The van der Waals surface area contributed by atoms with E-state index in [0.717, 1.165) is 22.3 Å². The van der Waals surface area contributed by atoms with Crippen LogP contribution in [0.25, 0.3) is 11.1 Å². The maximum Gasteiger partial charge on any atom is 0.573 e. The fourth-order valence-electron chi connectivity index (χ4n) is 4.44. The topological polar surface area (TPSA) is 73.9 Å². The second-order valence-electron chi connectivity index (χ2n) is 11.4. The minimum atomic E-state index is -4.79. The van der Waals surface area contributed by atoms with Gasteiger partial charge in [0.25, 0.3) is 5.91 Å². The number of amides is 1. The van der Waals surface area contributed by atoms with E-state index in [2.05, 4.69) is 10.1 Å². The third kappa shape index (κ3) is 10.7. The average Bonchev–Trinajstić information content (AvgIpc) is 2.97. The van der Waals surface area contributed by atoms with E-state index < -0.39 is 12.0 Å². The van der Waals surface area contributed by atoms with Gasteiger partial charge in [0.05, 0.1) is 16.5 Å². The summed E-state index contributed by atoms with van der Waals surface area (Å²) < 4.78 is 53.0. The van der Waals surface area contributed by atoms with Crippen LogP contribution in [0.15, 0.2) is 84.9 Å². The van der Waals surface area contributed by atoms with Crippen molar-refractivity contribution in [1.82, 2.24) is 5.32 Å². The molecule has 0 fully saturated rings. The van der Waals surface area contributed by atoms with Gasteiger partial charge in [-0.05, 0) is 117 Å². The Morgan fingerprint density at radius 2 is 1.39 bits per heavy atom. The van der Waals surface area contributed by atoms with E-state index in [0.29, 0.717) is 39.9 Å². The molecule has 0 radical (unpaired) electrons. The van der Waals surface area contributed by atoms with Gasteiger partial charge in [0.2, 0.25) is 0 Å². The van der Waals surface area contributed by atoms with E-state index in [1.54, 1.807) is 51.1 Å². The Morgan fingerprint density at radius 3 is 2.02 bits per heavy atom. The van der Waals surface area contributed by atoms with E-state index in [1.807, 2.05) is 30.3 Å². The molecule has 11 heteroatoms. The fourth-order valence-corrected chi connectivity index (χ4v) is 4.74. The van der Waals surface area contributed by atoms with E-state index in [1.165, 1.54) is 24.3 Å². The summed E-state index contributed by atoms with van der Waals surface area (Å²) in [5, 5.41) is 3.58. The molecule has 46 heavy (non-hydrogen) atoms. The summed E-state index contributed by atoms with van der Waals surface area (Å²) in [7, 11) is 0. The van der Waals surface area contributed by atoms with Crippen molar-refractivity contribution in [2.75, 3.05) is 6.54 Å². The van der Waals surface area contributed by atoms with Crippen LogP contribution in [0.3, 0.4) is 0 Å². The largest absolute Gasteiger partial charge is 0.573 e. The molecule has 0 aromatic heterocycles. The molecule has 0 heterocycles. The number of esters is 1. The highest BCUT2D eigenvalue weighted by Gasteiger charge is 2.31. The van der Waals surface area contributed by atoms with Crippen LogP contribution >= 0.6 is 23.2 Å². The highest BCUT2D eigenvalue weighted by Crippen LogP contribution is 2.34. The van der Waals surface area contributed by atoms with Crippen molar-refractivity contribution in [1.29, 1.82) is 0 Å². The predicted molar refractivity (Wildman–Crippen MR) is 172 cm³/mol. The maximum absolute atomic E-state index is 12.6. The summed E-state index contributed by atoms with van der Waals surface area (Å²) in [6.45, 7) is 5.50. The summed E-state index contributed by atoms with van der Waals surface area (Å²) in [5.41, 5.74) is 3.38. The molecule has 0 saturated carbocycles. The molecule has 0 spiro atoms. The Kier molecular flexibility index (Phi) is 11.2. The van der Waals surface area contributed by atoms with Crippen molar-refractivity contribution >= 4 is 35.1 Å². The van der Waals surface area contributed by atoms with Crippen LogP contribution in [-0.2, 0) is 22.4 Å². The van der Waals surface area contributed by atoms with Crippen LogP contribution in [0.4, 0.5) is 13.2 Å². The van der Waals surface area contributed by atoms with Crippen LogP contribution in [0.1, 0.15) is 48.7 Å². The summed E-state index contributed by atoms with van der Waals surface area (Å²) in [4.78, 5) is 24.5. The molecule has 1 N–H and O–H groups in total. The Hall–Kier alpha value is -4.21. The number of benzene rings is 4. The SMILES string of the molecule is CC(C)(C)OC(=O)CCNC(=O)c1ccc(CCc2cc(-c3ccc(Cl)c(Cl)c3)ccc2Oc2ccc(OC(F)(F)F)cc2)cc1. The van der Waals surface area contributed by atoms with Crippen molar-refractivity contribution < 1.29 is 37.0 Å². The highest BCUT2D eigenvalue weighted by atomic mass is 35.5. The van der Waals surface area contributed by atoms with E-state index >= 15 is 0 Å². The molecule has 4 rings (SSSR count). The van der Waals surface area contributed by atoms with Gasteiger partial charge in [0.15, 0.2) is 0 Å². The lowest BCUT2D eigenvalue weighted by molar-refractivity contribution is -0.274. The first-order chi connectivity index (χ1) is 21.6. The lowest BCUT2D eigenvalue weighted by Crippen LogP contribution is -2.29. The molecular formula is C35H32Cl2F3NO5. The predicted octanol–water partition coefficient (Wildman–Crippen LogP) is 9.60. The highest BCUT2D eigenvalue weighted by molar-refractivity contribution is 6.42. The maximum atomic E-state index is 12.6. The second-order valence-corrected chi connectivity index (χ2v) is 12.2. The number of carbonyl (C=O) groups excluding carboxylic acids is 2. The number of rotatable bonds is 11. The minimum Gasteiger partial charge on any atom is -0.460 e. The number of hydrogen-bond donors (Lipinski definition) is 1. The lowest BCUT2D eigenvalue weighted by Gasteiger charge is -2.19. The lowest BCUT2D eigenvalue weighted by atomic mass is 9.98. The molecule has 242 valence electrons. The van der Waals surface area contributed by atoms with Gasteiger partial charge in [-0.3, -0.25) is 9.59 Å². The van der Waals surface area contributed by atoms with Crippen LogP contribution in [0.2, 0.25) is 10.0 Å². The standard InChI is InChI=1S/C35H32Cl2F3NO5/c1-34(2,3)46-32(42)18-19-41-33(43)23-7-4-22(5-8-23)6-9-26-20-24(25-10-16-29(36)30(37)21-25)11-17-31(26)44-27-12-14-28(15-13-27)45-35(38,39)40/h4-5,7-8,10-17,20-21H,6,9,18-19H2,1-3H3,(H,41,43). The van der Waals surface area contributed by atoms with Gasteiger partial charge in [0.1, 0.15) is 22.8 Å². The van der Waals surface area contributed by atoms with Gasteiger partial charge in [-0.25, -0.2) is 0 Å². The van der Waals surface area contributed by atoms with Crippen molar-refractivity contribution in [2.24, 2.45) is 0 Å². The molecule has 0 aliphatic carbocycles. The smallest absolute Gasteiger partial charge is 0.460 e. The van der Waals surface area contributed by atoms with Gasteiger partial charge in [0, 0.05) is 12.1 Å². The van der Waals surface area contributed by atoms with Gasteiger partial charge >= 0.3 is 12.3 Å². The molecular weight excluding hydrogens is 642 g/mol. The number of nitrogens with one attached hydrogen (secondary N) is 1. The average molecular weight is 675 g/mol. The van der Waals surface area contributed by atoms with Gasteiger partial charge in [-0.1, -0.05) is 47.5 Å². The van der Waals surface area contributed by atoms with Crippen molar-refractivity contribution in [2.45, 2.75) is 52.0 Å². The first-order valence-electron chi connectivity index (χ1n) is 14.4. The molecule has 4 aromatic carbocycles. The summed E-state index contributed by atoms with van der Waals surface area (Å²) in [6.07, 6.45) is -3.58. The van der Waals surface area contributed by atoms with Crippen LogP contribution in [-0.4, -0.2) is 30.4 Å². The van der Waals surface area contributed by atoms with Crippen LogP contribution < -0.4 is 14.8 Å². The number of alkyl halides is 3. The van der Waals surface area contributed by atoms with Crippen molar-refractivity contribution in [3.05, 3.63) is 112 Å². The molecule has 0 saturated heterocycles. The first-order valence-corrected chi connectivity index (χ1v) is 15.1. The molecule has 0 atom stereocenters. The van der Waals surface area contributed by atoms with E-state index in [-0.39, 0.29) is 30.6 Å². The third-order valence-corrected chi connectivity index (χ3v) is 7.27. The second kappa shape index (κ2) is 14.9. The molecule has 0 aliphatic heterocycles. The first kappa shape index (κ1) is 34.7. The molecule has 6 nitrogen and oxygen atoms in total. The van der Waals surface area contributed by atoms with Gasteiger partial charge in [-0.15, -0.1) is 13.2 Å². The third-order valence-electron chi connectivity index (χ3n) is 6.53. The number of ether oxygens (including phenoxy) is 3. The van der Waals surface area contributed by atoms with Crippen LogP contribution in [0, 0.1) is 0 Å². The Labute approximate surface area is 275 Å². The number of carbonyl (C=O) groups is 2. The quantitative estimate of drug-likeness (QED) is 0.161. The number of aryl methyl sites for hydroxylation is 2. The zero-order chi connectivity index (χ0) is 33.5. The van der Waals surface area contributed by atoms with Crippen LogP contribution in [0.5, 0.6) is 17.2 Å². The number of hydrogen-bond acceptors (Lipinski definition) is 5. The van der Waals surface area contributed by atoms with Crippen molar-refractivity contribution in [3.63, 3.8) is 0 Å². The Balaban J connectivity index is 1.46. The Morgan fingerprint density at radius 1 is 0.761 bits per heavy atom. The summed E-state index contributed by atoms with van der Waals surface area (Å²) in [5.74, 6) is -0.182. The zero-order valence-corrected chi connectivity index (χ0v) is 26.9. The Bertz CT molecular complexity index is 1670. The fraction of sp³-hybridized carbons (Fsp3) is 0.257. The van der Waals surface area contributed by atoms with E-state index in [4.69, 9.17) is 32.7 Å². The van der Waals surface area contributed by atoms with E-state index in [9.17, 15) is 22.8 Å². The summed E-state index contributed by atoms with van der Waals surface area (Å²) in [6, 6.07) is 23.2. The van der Waals surface area contributed by atoms with Gasteiger partial charge in [-0.2, -0.15) is 0 Å². The molecule has 0 bridgehead atoms. The summed E-state index contributed by atoms with van der Waals surface area (Å²) >= 11 is 12.4. The molecule has 0 aliphatic rings.